The SMILES string of the molecule is CC1(C)CC(c2ccccc2)CC1=O. The molecular weight excluding hydrogens is 172 g/mol. The number of ketones is 1. The van der Waals surface area contributed by atoms with Gasteiger partial charge in [-0.25, -0.2) is 0 Å². The molecule has 0 spiro atoms. The average molecular weight is 188 g/mol. The maximum absolute atomic E-state index is 11.7. The topological polar surface area (TPSA) is 17.1 Å². The lowest BCUT2D eigenvalue weighted by molar-refractivity contribution is -0.124. The predicted molar refractivity (Wildman–Crippen MR) is 57.2 cm³/mol. The van der Waals surface area contributed by atoms with E-state index in [2.05, 4.69) is 26.0 Å². The molecule has 1 saturated carbocycles. The summed E-state index contributed by atoms with van der Waals surface area (Å²) in [5, 5.41) is 0. The number of carbonyl (C=O) groups excluding carboxylic acids is 1. The number of hydrogen-bond acceptors (Lipinski definition) is 1. The molecule has 1 unspecified atom stereocenters. The molecule has 1 aromatic carbocycles. The van der Waals surface area contributed by atoms with Gasteiger partial charge in [-0.3, -0.25) is 4.79 Å². The van der Waals surface area contributed by atoms with Gasteiger partial charge in [0.05, 0.1) is 0 Å². The second-order valence-corrected chi connectivity index (χ2v) is 4.82. The second kappa shape index (κ2) is 3.23. The van der Waals surface area contributed by atoms with E-state index in [-0.39, 0.29) is 5.41 Å². The molecule has 2 rings (SSSR count). The first-order valence-electron chi connectivity index (χ1n) is 5.18. The minimum Gasteiger partial charge on any atom is -0.299 e. The molecule has 0 heterocycles. The Morgan fingerprint density at radius 1 is 1.21 bits per heavy atom. The van der Waals surface area contributed by atoms with Crippen molar-refractivity contribution < 1.29 is 4.79 Å². The monoisotopic (exact) mass is 188 g/mol. The van der Waals surface area contributed by atoms with Gasteiger partial charge >= 0.3 is 0 Å². The minimum atomic E-state index is -0.111. The fourth-order valence-electron chi connectivity index (χ4n) is 2.26. The van der Waals surface area contributed by atoms with Gasteiger partial charge in [-0.2, -0.15) is 0 Å². The first-order valence-corrected chi connectivity index (χ1v) is 5.18. The quantitative estimate of drug-likeness (QED) is 0.661. The third kappa shape index (κ3) is 1.59. The highest BCUT2D eigenvalue weighted by atomic mass is 16.1. The molecule has 1 atom stereocenters. The Balaban J connectivity index is 2.21. The summed E-state index contributed by atoms with van der Waals surface area (Å²) in [5.41, 5.74) is 1.20. The van der Waals surface area contributed by atoms with Crippen LogP contribution in [0.4, 0.5) is 0 Å². The highest BCUT2D eigenvalue weighted by Gasteiger charge is 2.39. The van der Waals surface area contributed by atoms with Crippen LogP contribution in [0.5, 0.6) is 0 Å². The van der Waals surface area contributed by atoms with Crippen LogP contribution in [0.3, 0.4) is 0 Å². The molecule has 0 aromatic heterocycles. The molecule has 1 aliphatic carbocycles. The highest BCUT2D eigenvalue weighted by Crippen LogP contribution is 2.43. The van der Waals surface area contributed by atoms with Crippen molar-refractivity contribution in [3.8, 4) is 0 Å². The van der Waals surface area contributed by atoms with Crippen LogP contribution in [0, 0.1) is 5.41 Å². The third-order valence-electron chi connectivity index (χ3n) is 3.21. The lowest BCUT2D eigenvalue weighted by atomic mass is 9.88. The van der Waals surface area contributed by atoms with E-state index in [0.29, 0.717) is 11.7 Å². The van der Waals surface area contributed by atoms with Crippen LogP contribution >= 0.6 is 0 Å². The molecule has 0 bridgehead atoms. The summed E-state index contributed by atoms with van der Waals surface area (Å²) in [5.74, 6) is 0.852. The van der Waals surface area contributed by atoms with Crippen molar-refractivity contribution in [2.24, 2.45) is 5.41 Å². The van der Waals surface area contributed by atoms with Crippen LogP contribution in [0.15, 0.2) is 30.3 Å². The van der Waals surface area contributed by atoms with Crippen LogP contribution in [0.25, 0.3) is 0 Å². The van der Waals surface area contributed by atoms with E-state index in [0.717, 1.165) is 12.8 Å². The van der Waals surface area contributed by atoms with Crippen molar-refractivity contribution in [1.82, 2.24) is 0 Å². The van der Waals surface area contributed by atoms with Gasteiger partial charge in [-0.05, 0) is 17.9 Å². The van der Waals surface area contributed by atoms with E-state index in [1.165, 1.54) is 5.56 Å². The summed E-state index contributed by atoms with van der Waals surface area (Å²) in [6.45, 7) is 4.11. The number of hydrogen-bond donors (Lipinski definition) is 0. The van der Waals surface area contributed by atoms with Gasteiger partial charge in [-0.15, -0.1) is 0 Å². The van der Waals surface area contributed by atoms with Gasteiger partial charge in [-0.1, -0.05) is 44.2 Å². The molecule has 1 heteroatoms. The summed E-state index contributed by atoms with van der Waals surface area (Å²) in [6, 6.07) is 10.4. The molecule has 0 N–H and O–H groups in total. The number of Topliss-reactive ketones (excluding diaryl/α,β-unsaturated/α-hetero) is 1. The molecular formula is C13H16O. The number of benzene rings is 1. The van der Waals surface area contributed by atoms with Crippen LogP contribution in [-0.2, 0) is 4.79 Å². The molecule has 1 aliphatic rings. The Bertz CT molecular complexity index is 338. The molecule has 0 saturated heterocycles. The fourth-order valence-corrected chi connectivity index (χ4v) is 2.26. The van der Waals surface area contributed by atoms with E-state index in [9.17, 15) is 4.79 Å². The number of rotatable bonds is 1. The van der Waals surface area contributed by atoms with Gasteiger partial charge in [0.25, 0.3) is 0 Å². The Kier molecular flexibility index (Phi) is 2.18. The van der Waals surface area contributed by atoms with Crippen molar-refractivity contribution >= 4 is 5.78 Å². The summed E-state index contributed by atoms with van der Waals surface area (Å²) >= 11 is 0. The normalized spacial score (nSPS) is 25.3. The first-order chi connectivity index (χ1) is 6.59. The van der Waals surface area contributed by atoms with Crippen LogP contribution in [0.2, 0.25) is 0 Å². The molecule has 0 aliphatic heterocycles. The molecule has 14 heavy (non-hydrogen) atoms. The fraction of sp³-hybridized carbons (Fsp3) is 0.462. The standard InChI is InChI=1S/C13H16O/c1-13(2)9-11(8-12(13)14)10-6-4-3-5-7-10/h3-7,11H,8-9H2,1-2H3. The van der Waals surface area contributed by atoms with Gasteiger partial charge in [0.2, 0.25) is 0 Å². The zero-order valence-corrected chi connectivity index (χ0v) is 8.79. The molecule has 74 valence electrons. The van der Waals surface area contributed by atoms with Crippen molar-refractivity contribution in [2.75, 3.05) is 0 Å². The van der Waals surface area contributed by atoms with E-state index in [4.69, 9.17) is 0 Å². The smallest absolute Gasteiger partial charge is 0.139 e. The van der Waals surface area contributed by atoms with Crippen molar-refractivity contribution in [3.63, 3.8) is 0 Å². The molecule has 0 radical (unpaired) electrons. The lowest BCUT2D eigenvalue weighted by Gasteiger charge is -2.15. The Morgan fingerprint density at radius 2 is 1.86 bits per heavy atom. The Hall–Kier alpha value is -1.11. The maximum atomic E-state index is 11.7. The van der Waals surface area contributed by atoms with E-state index in [1.807, 2.05) is 18.2 Å². The maximum Gasteiger partial charge on any atom is 0.139 e. The van der Waals surface area contributed by atoms with Crippen molar-refractivity contribution in [2.45, 2.75) is 32.6 Å². The molecule has 1 fully saturated rings. The van der Waals surface area contributed by atoms with Crippen LogP contribution in [0.1, 0.15) is 38.2 Å². The molecule has 0 amide bonds. The van der Waals surface area contributed by atoms with Gasteiger partial charge in [0, 0.05) is 11.8 Å². The van der Waals surface area contributed by atoms with Crippen molar-refractivity contribution in [1.29, 1.82) is 0 Å². The Labute approximate surface area is 85.1 Å². The van der Waals surface area contributed by atoms with Gasteiger partial charge in [0.15, 0.2) is 0 Å². The van der Waals surface area contributed by atoms with Gasteiger partial charge in [0.1, 0.15) is 5.78 Å². The zero-order chi connectivity index (χ0) is 10.2. The summed E-state index contributed by atoms with van der Waals surface area (Å²) in [7, 11) is 0. The lowest BCUT2D eigenvalue weighted by Crippen LogP contribution is -2.15. The van der Waals surface area contributed by atoms with Gasteiger partial charge < -0.3 is 0 Å². The summed E-state index contributed by atoms with van der Waals surface area (Å²) in [4.78, 5) is 11.7. The predicted octanol–water partition coefficient (Wildman–Crippen LogP) is 3.16. The molecule has 1 nitrogen and oxygen atoms in total. The molecule has 1 aromatic rings. The minimum absolute atomic E-state index is 0.111. The number of carbonyl (C=O) groups is 1. The zero-order valence-electron chi connectivity index (χ0n) is 8.79. The summed E-state index contributed by atoms with van der Waals surface area (Å²) in [6.07, 6.45) is 1.72. The van der Waals surface area contributed by atoms with E-state index >= 15 is 0 Å². The largest absolute Gasteiger partial charge is 0.299 e. The van der Waals surface area contributed by atoms with E-state index in [1.54, 1.807) is 0 Å². The van der Waals surface area contributed by atoms with E-state index < -0.39 is 0 Å². The summed E-state index contributed by atoms with van der Waals surface area (Å²) < 4.78 is 0. The first kappa shape index (κ1) is 9.45. The average Bonchev–Trinajstić information content (AvgIpc) is 2.43. The second-order valence-electron chi connectivity index (χ2n) is 4.82. The van der Waals surface area contributed by atoms with Crippen molar-refractivity contribution in [3.05, 3.63) is 35.9 Å². The Morgan fingerprint density at radius 3 is 2.36 bits per heavy atom. The third-order valence-corrected chi connectivity index (χ3v) is 3.21. The van der Waals surface area contributed by atoms with Crippen LogP contribution in [-0.4, -0.2) is 5.78 Å². The highest BCUT2D eigenvalue weighted by molar-refractivity contribution is 5.87. The van der Waals surface area contributed by atoms with Crippen LogP contribution < -0.4 is 0 Å².